The second kappa shape index (κ2) is 10.9. The van der Waals surface area contributed by atoms with Crippen LogP contribution in [0.1, 0.15) is 31.7 Å². The standard InChI is InChI=1S/C17H26ClN3O2/c1-4-19-17(20-12-8-7-11-16(22)23-3)21(2)13-14-9-5-6-10-15(14)18/h5-6,9-10H,4,7-8,11-13H2,1-3H3,(H,19,20). The quantitative estimate of drug-likeness (QED) is 0.342. The number of methoxy groups -OCH3 is 1. The lowest BCUT2D eigenvalue weighted by Gasteiger charge is -2.22. The van der Waals surface area contributed by atoms with E-state index in [0.717, 1.165) is 35.9 Å². The summed E-state index contributed by atoms with van der Waals surface area (Å²) < 4.78 is 4.62. The van der Waals surface area contributed by atoms with Crippen LogP contribution in [0.25, 0.3) is 0 Å². The number of nitrogens with zero attached hydrogens (tertiary/aromatic N) is 2. The summed E-state index contributed by atoms with van der Waals surface area (Å²) in [7, 11) is 3.40. The highest BCUT2D eigenvalue weighted by molar-refractivity contribution is 6.31. The molecule has 0 unspecified atom stereocenters. The highest BCUT2D eigenvalue weighted by atomic mass is 35.5. The Balaban J connectivity index is 2.53. The van der Waals surface area contributed by atoms with Crippen molar-refractivity contribution in [2.45, 2.75) is 32.7 Å². The number of aliphatic imine (C=N–C) groups is 1. The summed E-state index contributed by atoms with van der Waals surface area (Å²) in [6, 6.07) is 7.80. The lowest BCUT2D eigenvalue weighted by molar-refractivity contribution is -0.140. The third-order valence-corrected chi connectivity index (χ3v) is 3.71. The number of unbranched alkanes of at least 4 members (excludes halogenated alkanes) is 1. The average Bonchev–Trinajstić information content (AvgIpc) is 2.55. The van der Waals surface area contributed by atoms with Gasteiger partial charge in [0.2, 0.25) is 0 Å². The third-order valence-electron chi connectivity index (χ3n) is 3.34. The summed E-state index contributed by atoms with van der Waals surface area (Å²) in [4.78, 5) is 17.7. The normalized spacial score (nSPS) is 11.2. The molecule has 23 heavy (non-hydrogen) atoms. The number of benzene rings is 1. The van der Waals surface area contributed by atoms with Crippen molar-refractivity contribution in [2.24, 2.45) is 4.99 Å². The molecule has 6 heteroatoms. The molecule has 0 atom stereocenters. The highest BCUT2D eigenvalue weighted by Gasteiger charge is 2.08. The van der Waals surface area contributed by atoms with Crippen LogP contribution in [0.15, 0.2) is 29.3 Å². The maximum atomic E-state index is 11.1. The van der Waals surface area contributed by atoms with Crippen LogP contribution in [0, 0.1) is 0 Å². The van der Waals surface area contributed by atoms with E-state index in [1.54, 1.807) is 0 Å². The first kappa shape index (κ1) is 19.3. The molecule has 0 aromatic heterocycles. The molecule has 1 aromatic rings. The van der Waals surface area contributed by atoms with E-state index >= 15 is 0 Å². The first-order valence-electron chi connectivity index (χ1n) is 7.88. The summed E-state index contributed by atoms with van der Waals surface area (Å²) in [6.45, 7) is 4.20. The second-order valence-corrected chi connectivity index (χ2v) is 5.62. The molecule has 0 amide bonds. The van der Waals surface area contributed by atoms with Crippen molar-refractivity contribution >= 4 is 23.5 Å². The lowest BCUT2D eigenvalue weighted by Crippen LogP contribution is -2.38. The van der Waals surface area contributed by atoms with Gasteiger partial charge in [-0.25, -0.2) is 0 Å². The monoisotopic (exact) mass is 339 g/mol. The zero-order valence-corrected chi connectivity index (χ0v) is 14.9. The first-order chi connectivity index (χ1) is 11.1. The van der Waals surface area contributed by atoms with Gasteiger partial charge in [-0.2, -0.15) is 0 Å². The maximum Gasteiger partial charge on any atom is 0.305 e. The largest absolute Gasteiger partial charge is 0.469 e. The Hall–Kier alpha value is -1.75. The number of carbonyl (C=O) groups excluding carboxylic acids is 1. The van der Waals surface area contributed by atoms with Gasteiger partial charge in [0, 0.05) is 38.1 Å². The van der Waals surface area contributed by atoms with Crippen molar-refractivity contribution in [1.82, 2.24) is 10.2 Å². The maximum absolute atomic E-state index is 11.1. The van der Waals surface area contributed by atoms with Crippen molar-refractivity contribution in [3.05, 3.63) is 34.9 Å². The summed E-state index contributed by atoms with van der Waals surface area (Å²) >= 11 is 6.21. The zero-order valence-electron chi connectivity index (χ0n) is 14.1. The van der Waals surface area contributed by atoms with Crippen LogP contribution >= 0.6 is 11.6 Å². The van der Waals surface area contributed by atoms with E-state index in [0.29, 0.717) is 19.5 Å². The van der Waals surface area contributed by atoms with Crippen molar-refractivity contribution in [2.75, 3.05) is 27.2 Å². The predicted molar refractivity (Wildman–Crippen MR) is 94.8 cm³/mol. The fourth-order valence-corrected chi connectivity index (χ4v) is 2.29. The number of rotatable bonds is 8. The van der Waals surface area contributed by atoms with Gasteiger partial charge >= 0.3 is 5.97 Å². The number of carbonyl (C=O) groups is 1. The molecule has 1 N–H and O–H groups in total. The molecule has 0 saturated carbocycles. The molecule has 0 aliphatic rings. The molecule has 0 aliphatic carbocycles. The van der Waals surface area contributed by atoms with Gasteiger partial charge in [-0.3, -0.25) is 9.79 Å². The molecule has 128 valence electrons. The Morgan fingerprint density at radius 3 is 2.74 bits per heavy atom. The van der Waals surface area contributed by atoms with E-state index in [-0.39, 0.29) is 5.97 Å². The molecule has 0 spiro atoms. The third kappa shape index (κ3) is 7.37. The van der Waals surface area contributed by atoms with Gasteiger partial charge in [0.25, 0.3) is 0 Å². The molecular formula is C17H26ClN3O2. The van der Waals surface area contributed by atoms with Crippen molar-refractivity contribution in [1.29, 1.82) is 0 Å². The summed E-state index contributed by atoms with van der Waals surface area (Å²) in [5.74, 6) is 0.669. The first-order valence-corrected chi connectivity index (χ1v) is 8.26. The van der Waals surface area contributed by atoms with Crippen LogP contribution < -0.4 is 5.32 Å². The Kier molecular flexibility index (Phi) is 9.14. The molecule has 0 fully saturated rings. The molecule has 1 aromatic carbocycles. The number of guanidine groups is 1. The minimum absolute atomic E-state index is 0.170. The van der Waals surface area contributed by atoms with Gasteiger partial charge in [0.05, 0.1) is 7.11 Å². The number of hydrogen-bond donors (Lipinski definition) is 1. The zero-order chi connectivity index (χ0) is 17.1. The van der Waals surface area contributed by atoms with E-state index in [9.17, 15) is 4.79 Å². The van der Waals surface area contributed by atoms with Crippen LogP contribution in [-0.4, -0.2) is 44.1 Å². The van der Waals surface area contributed by atoms with E-state index in [2.05, 4.69) is 15.0 Å². The van der Waals surface area contributed by atoms with E-state index in [1.807, 2.05) is 43.1 Å². The fraction of sp³-hybridized carbons (Fsp3) is 0.529. The number of nitrogens with one attached hydrogen (secondary N) is 1. The summed E-state index contributed by atoms with van der Waals surface area (Å²) in [5.41, 5.74) is 1.06. The van der Waals surface area contributed by atoms with Crippen LogP contribution in [0.4, 0.5) is 0 Å². The van der Waals surface area contributed by atoms with Crippen LogP contribution in [0.3, 0.4) is 0 Å². The number of hydrogen-bond acceptors (Lipinski definition) is 3. The van der Waals surface area contributed by atoms with Gasteiger partial charge in [0.1, 0.15) is 0 Å². The molecular weight excluding hydrogens is 314 g/mol. The van der Waals surface area contributed by atoms with Gasteiger partial charge < -0.3 is 15.0 Å². The minimum Gasteiger partial charge on any atom is -0.469 e. The Morgan fingerprint density at radius 2 is 2.09 bits per heavy atom. The van der Waals surface area contributed by atoms with Gasteiger partial charge in [-0.15, -0.1) is 0 Å². The number of halogens is 1. The van der Waals surface area contributed by atoms with E-state index < -0.39 is 0 Å². The van der Waals surface area contributed by atoms with Crippen LogP contribution in [0.2, 0.25) is 5.02 Å². The average molecular weight is 340 g/mol. The molecule has 0 radical (unpaired) electrons. The summed E-state index contributed by atoms with van der Waals surface area (Å²) in [6.07, 6.45) is 2.08. The second-order valence-electron chi connectivity index (χ2n) is 5.22. The van der Waals surface area contributed by atoms with Gasteiger partial charge in [-0.05, 0) is 31.4 Å². The lowest BCUT2D eigenvalue weighted by atomic mass is 10.2. The van der Waals surface area contributed by atoms with E-state index in [4.69, 9.17) is 11.6 Å². The van der Waals surface area contributed by atoms with Gasteiger partial charge in [0.15, 0.2) is 5.96 Å². The van der Waals surface area contributed by atoms with Crippen molar-refractivity contribution in [3.8, 4) is 0 Å². The molecule has 0 aliphatic heterocycles. The molecule has 1 rings (SSSR count). The Morgan fingerprint density at radius 1 is 1.35 bits per heavy atom. The highest BCUT2D eigenvalue weighted by Crippen LogP contribution is 2.16. The van der Waals surface area contributed by atoms with Crippen molar-refractivity contribution < 1.29 is 9.53 Å². The van der Waals surface area contributed by atoms with Crippen LogP contribution in [-0.2, 0) is 16.1 Å². The fourth-order valence-electron chi connectivity index (χ4n) is 2.09. The van der Waals surface area contributed by atoms with Gasteiger partial charge in [-0.1, -0.05) is 29.8 Å². The molecule has 0 bridgehead atoms. The van der Waals surface area contributed by atoms with E-state index in [1.165, 1.54) is 7.11 Å². The minimum atomic E-state index is -0.170. The topological polar surface area (TPSA) is 53.9 Å². The molecule has 0 saturated heterocycles. The van der Waals surface area contributed by atoms with Crippen molar-refractivity contribution in [3.63, 3.8) is 0 Å². The SMILES string of the molecule is CCNC(=NCCCCC(=O)OC)N(C)Cc1ccccc1Cl. The molecule has 5 nitrogen and oxygen atoms in total. The number of esters is 1. The summed E-state index contributed by atoms with van der Waals surface area (Å²) in [5, 5.41) is 4.03. The predicted octanol–water partition coefficient (Wildman–Crippen LogP) is 3.08. The smallest absolute Gasteiger partial charge is 0.305 e. The molecule has 0 heterocycles. The Labute approximate surface area is 143 Å². The Bertz CT molecular complexity index is 520. The number of ether oxygens (including phenoxy) is 1. The van der Waals surface area contributed by atoms with Crippen LogP contribution in [0.5, 0.6) is 0 Å².